The van der Waals surface area contributed by atoms with Gasteiger partial charge in [0.2, 0.25) is 0 Å². The maximum atomic E-state index is 2.36. The smallest absolute Gasteiger partial charge is 0.00809 e. The zero-order chi connectivity index (χ0) is 10.7. The van der Waals surface area contributed by atoms with Gasteiger partial charge in [0.1, 0.15) is 0 Å². The highest BCUT2D eigenvalue weighted by Crippen LogP contribution is 2.65. The normalized spacial score (nSPS) is 22.2. The van der Waals surface area contributed by atoms with Crippen molar-refractivity contribution in [3.05, 3.63) is 11.1 Å². The quantitative estimate of drug-likeness (QED) is 0.484. The molecule has 1 aliphatic carbocycles. The lowest BCUT2D eigenvalue weighted by Crippen LogP contribution is -2.10. The third kappa shape index (κ3) is 1.68. The largest absolute Gasteiger partial charge is 0.0564 e. The lowest BCUT2D eigenvalue weighted by molar-refractivity contribution is 0.439. The van der Waals surface area contributed by atoms with Crippen molar-refractivity contribution >= 4 is 0 Å². The Kier molecular flexibility index (Phi) is 2.00. The van der Waals surface area contributed by atoms with E-state index in [9.17, 15) is 0 Å². The van der Waals surface area contributed by atoms with E-state index in [0.29, 0.717) is 16.2 Å². The van der Waals surface area contributed by atoms with Crippen LogP contribution < -0.4 is 0 Å². The Morgan fingerprint density at radius 1 is 0.692 bits per heavy atom. The second kappa shape index (κ2) is 2.40. The second-order valence-electron chi connectivity index (χ2n) is 6.88. The van der Waals surface area contributed by atoms with Gasteiger partial charge in [-0.25, -0.2) is 0 Å². The Morgan fingerprint density at radius 2 is 0.923 bits per heavy atom. The van der Waals surface area contributed by atoms with Gasteiger partial charge in [0.25, 0.3) is 0 Å². The topological polar surface area (TPSA) is 0 Å². The number of hydrogen-bond acceptors (Lipinski definition) is 0. The van der Waals surface area contributed by atoms with Crippen LogP contribution in [0.1, 0.15) is 55.4 Å². The Balaban J connectivity index is 3.05. The average molecular weight is 180 g/mol. The summed E-state index contributed by atoms with van der Waals surface area (Å²) in [7, 11) is 0. The van der Waals surface area contributed by atoms with E-state index in [1.54, 1.807) is 11.1 Å². The van der Waals surface area contributed by atoms with Crippen molar-refractivity contribution in [2.45, 2.75) is 55.4 Å². The van der Waals surface area contributed by atoms with E-state index in [1.165, 1.54) is 0 Å². The molecule has 1 rings (SSSR count). The molecule has 0 atom stereocenters. The molecular formula is C13H24. The van der Waals surface area contributed by atoms with E-state index in [-0.39, 0.29) is 0 Å². The van der Waals surface area contributed by atoms with Crippen molar-refractivity contribution in [1.29, 1.82) is 0 Å². The molecule has 0 radical (unpaired) electrons. The molecule has 0 nitrogen and oxygen atoms in total. The molecule has 76 valence electrons. The maximum Gasteiger partial charge on any atom is 0.00809 e. The van der Waals surface area contributed by atoms with Crippen LogP contribution in [-0.4, -0.2) is 0 Å². The Morgan fingerprint density at radius 3 is 1.00 bits per heavy atom. The third-order valence-corrected chi connectivity index (χ3v) is 2.94. The zero-order valence-corrected chi connectivity index (χ0v) is 10.5. The standard InChI is InChI=1S/C13H24/c1-11(2,3)9-10(12(4,5)6)13(9,7)8/h1-8H3. The number of rotatable bonds is 0. The highest BCUT2D eigenvalue weighted by Gasteiger charge is 2.53. The van der Waals surface area contributed by atoms with Gasteiger partial charge in [-0.15, -0.1) is 0 Å². The van der Waals surface area contributed by atoms with Crippen LogP contribution in [0.2, 0.25) is 0 Å². The number of hydrogen-bond donors (Lipinski definition) is 0. The van der Waals surface area contributed by atoms with Gasteiger partial charge in [-0.2, -0.15) is 0 Å². The molecule has 0 saturated heterocycles. The van der Waals surface area contributed by atoms with Crippen LogP contribution in [0, 0.1) is 16.2 Å². The summed E-state index contributed by atoms with van der Waals surface area (Å²) in [6.45, 7) is 18.6. The van der Waals surface area contributed by atoms with Gasteiger partial charge in [0, 0.05) is 5.41 Å². The summed E-state index contributed by atoms with van der Waals surface area (Å²) in [5, 5.41) is 0. The van der Waals surface area contributed by atoms with Gasteiger partial charge >= 0.3 is 0 Å². The minimum atomic E-state index is 0.353. The predicted molar refractivity (Wildman–Crippen MR) is 59.7 cm³/mol. The first-order valence-corrected chi connectivity index (χ1v) is 5.25. The van der Waals surface area contributed by atoms with Crippen LogP contribution in [0.3, 0.4) is 0 Å². The molecular weight excluding hydrogens is 156 g/mol. The summed E-state index contributed by atoms with van der Waals surface area (Å²) in [5.41, 5.74) is 4.44. The van der Waals surface area contributed by atoms with Crippen LogP contribution in [0.5, 0.6) is 0 Å². The SMILES string of the molecule is CC(C)(C)C1=C(C(C)(C)C)C1(C)C. The fourth-order valence-corrected chi connectivity index (χ4v) is 3.09. The van der Waals surface area contributed by atoms with Crippen LogP contribution >= 0.6 is 0 Å². The van der Waals surface area contributed by atoms with E-state index in [1.807, 2.05) is 0 Å². The average Bonchev–Trinajstić information content (AvgIpc) is 2.29. The summed E-state index contributed by atoms with van der Waals surface area (Å²) in [6.07, 6.45) is 0. The monoisotopic (exact) mass is 180 g/mol. The third-order valence-electron chi connectivity index (χ3n) is 2.94. The first-order valence-electron chi connectivity index (χ1n) is 5.25. The van der Waals surface area contributed by atoms with Crippen molar-refractivity contribution < 1.29 is 0 Å². The van der Waals surface area contributed by atoms with Crippen molar-refractivity contribution in [2.75, 3.05) is 0 Å². The van der Waals surface area contributed by atoms with Gasteiger partial charge in [0.05, 0.1) is 0 Å². The van der Waals surface area contributed by atoms with Gasteiger partial charge in [-0.3, -0.25) is 0 Å². The van der Waals surface area contributed by atoms with Crippen molar-refractivity contribution in [1.82, 2.24) is 0 Å². The summed E-state index contributed by atoms with van der Waals surface area (Å²) < 4.78 is 0. The minimum Gasteiger partial charge on any atom is -0.0564 e. The molecule has 0 saturated carbocycles. The molecule has 0 aromatic carbocycles. The van der Waals surface area contributed by atoms with Crippen LogP contribution in [0.15, 0.2) is 11.1 Å². The Bertz CT molecular complexity index is 225. The molecule has 13 heavy (non-hydrogen) atoms. The lowest BCUT2D eigenvalue weighted by Gasteiger charge is -2.20. The van der Waals surface area contributed by atoms with Crippen molar-refractivity contribution in [3.63, 3.8) is 0 Å². The fourth-order valence-electron chi connectivity index (χ4n) is 3.09. The molecule has 0 aromatic heterocycles. The summed E-state index contributed by atoms with van der Waals surface area (Å²) >= 11 is 0. The molecule has 0 heteroatoms. The first kappa shape index (κ1) is 10.8. The van der Waals surface area contributed by atoms with Crippen molar-refractivity contribution in [2.24, 2.45) is 16.2 Å². The fraction of sp³-hybridized carbons (Fsp3) is 0.846. The van der Waals surface area contributed by atoms with Gasteiger partial charge < -0.3 is 0 Å². The van der Waals surface area contributed by atoms with E-state index >= 15 is 0 Å². The molecule has 0 fully saturated rings. The molecule has 1 aliphatic rings. The molecule has 0 spiro atoms. The second-order valence-corrected chi connectivity index (χ2v) is 6.88. The Hall–Kier alpha value is -0.260. The highest BCUT2D eigenvalue weighted by molar-refractivity contribution is 5.53. The lowest BCUT2D eigenvalue weighted by atomic mass is 9.84. The molecule has 0 aliphatic heterocycles. The first-order chi connectivity index (χ1) is 5.49. The molecule has 0 bridgehead atoms. The van der Waals surface area contributed by atoms with Crippen molar-refractivity contribution in [3.8, 4) is 0 Å². The van der Waals surface area contributed by atoms with Crippen LogP contribution in [0.25, 0.3) is 0 Å². The molecule has 0 heterocycles. The van der Waals surface area contributed by atoms with Gasteiger partial charge in [-0.1, -0.05) is 66.5 Å². The van der Waals surface area contributed by atoms with Gasteiger partial charge in [-0.05, 0) is 10.8 Å². The minimum absolute atomic E-state index is 0.353. The van der Waals surface area contributed by atoms with Crippen LogP contribution in [0.4, 0.5) is 0 Å². The Labute approximate surface area is 83.4 Å². The van der Waals surface area contributed by atoms with Crippen LogP contribution in [-0.2, 0) is 0 Å². The molecule has 0 unspecified atom stereocenters. The maximum absolute atomic E-state index is 2.36. The molecule has 0 aromatic rings. The number of allylic oxidation sites excluding steroid dienone is 2. The molecule has 0 amide bonds. The van der Waals surface area contributed by atoms with E-state index in [2.05, 4.69) is 55.4 Å². The van der Waals surface area contributed by atoms with E-state index in [0.717, 1.165) is 0 Å². The zero-order valence-electron chi connectivity index (χ0n) is 10.5. The van der Waals surface area contributed by atoms with Gasteiger partial charge in [0.15, 0.2) is 0 Å². The molecule has 0 N–H and O–H groups in total. The van der Waals surface area contributed by atoms with E-state index < -0.39 is 0 Å². The summed E-state index contributed by atoms with van der Waals surface area (Å²) in [5.74, 6) is 0. The van der Waals surface area contributed by atoms with E-state index in [4.69, 9.17) is 0 Å². The summed E-state index contributed by atoms with van der Waals surface area (Å²) in [4.78, 5) is 0. The summed E-state index contributed by atoms with van der Waals surface area (Å²) in [6, 6.07) is 0. The predicted octanol–water partition coefficient (Wildman–Crippen LogP) is 4.42. The highest BCUT2D eigenvalue weighted by atomic mass is 14.6.